The number of sulfonamides is 1. The number of nitrogens with zero attached hydrogens (tertiary/aromatic N) is 2. The molecule has 0 unspecified atom stereocenters. The Hall–Kier alpha value is -2.38. The maximum Gasteiger partial charge on any atom is 0.298 e. The number of oxazole rings is 1. The van der Waals surface area contributed by atoms with Crippen LogP contribution in [0.15, 0.2) is 59.0 Å². The van der Waals surface area contributed by atoms with Gasteiger partial charge in [0.1, 0.15) is 5.52 Å². The molecule has 6 nitrogen and oxygen atoms in total. The monoisotopic (exact) mass is 399 g/mol. The summed E-state index contributed by atoms with van der Waals surface area (Å²) in [7, 11) is -3.26. The first kappa shape index (κ1) is 19.0. The molecule has 1 fully saturated rings. The third-order valence-electron chi connectivity index (χ3n) is 5.26. The van der Waals surface area contributed by atoms with Gasteiger partial charge < -0.3 is 9.32 Å². The van der Waals surface area contributed by atoms with Gasteiger partial charge in [0.05, 0.1) is 5.75 Å². The number of aryl methyl sites for hydroxylation is 1. The van der Waals surface area contributed by atoms with Crippen molar-refractivity contribution in [2.75, 3.05) is 30.3 Å². The molecule has 0 amide bonds. The highest BCUT2D eigenvalue weighted by molar-refractivity contribution is 7.89. The van der Waals surface area contributed by atoms with Gasteiger partial charge in [0.2, 0.25) is 10.0 Å². The molecule has 0 aliphatic carbocycles. The van der Waals surface area contributed by atoms with Gasteiger partial charge in [-0.25, -0.2) is 13.1 Å². The van der Waals surface area contributed by atoms with Crippen LogP contribution in [0.5, 0.6) is 0 Å². The van der Waals surface area contributed by atoms with Crippen LogP contribution in [0.25, 0.3) is 11.1 Å². The number of hydrogen-bond acceptors (Lipinski definition) is 5. The van der Waals surface area contributed by atoms with E-state index in [4.69, 9.17) is 4.42 Å². The van der Waals surface area contributed by atoms with Crippen molar-refractivity contribution in [1.29, 1.82) is 0 Å². The standard InChI is InChI=1S/C21H25N3O3S/c25-28(26,15-12-17-6-2-1-3-7-17)22-16-18-10-13-24(14-11-18)21-23-19-8-4-5-9-20(19)27-21/h1-9,18,22H,10-16H2. The molecular formula is C21H25N3O3S. The molecule has 1 aliphatic heterocycles. The summed E-state index contributed by atoms with van der Waals surface area (Å²) in [4.78, 5) is 6.69. The lowest BCUT2D eigenvalue weighted by Crippen LogP contribution is -2.39. The molecule has 148 valence electrons. The number of aromatic nitrogens is 1. The van der Waals surface area contributed by atoms with Crippen molar-refractivity contribution < 1.29 is 12.8 Å². The summed E-state index contributed by atoms with van der Waals surface area (Å²) >= 11 is 0. The summed E-state index contributed by atoms with van der Waals surface area (Å²) < 4.78 is 33.2. The van der Waals surface area contributed by atoms with Gasteiger partial charge in [-0.05, 0) is 42.9 Å². The van der Waals surface area contributed by atoms with Crippen molar-refractivity contribution in [2.45, 2.75) is 19.3 Å². The number of nitrogens with one attached hydrogen (secondary N) is 1. The first-order valence-electron chi connectivity index (χ1n) is 9.71. The van der Waals surface area contributed by atoms with Gasteiger partial charge >= 0.3 is 0 Å². The van der Waals surface area contributed by atoms with E-state index < -0.39 is 10.0 Å². The molecule has 2 aromatic carbocycles. The Morgan fingerprint density at radius 2 is 1.75 bits per heavy atom. The number of hydrogen-bond donors (Lipinski definition) is 1. The average molecular weight is 400 g/mol. The van der Waals surface area contributed by atoms with Gasteiger partial charge in [0.25, 0.3) is 6.01 Å². The molecule has 4 rings (SSSR count). The molecule has 0 atom stereocenters. The van der Waals surface area contributed by atoms with Crippen molar-refractivity contribution in [3.05, 3.63) is 60.2 Å². The summed E-state index contributed by atoms with van der Waals surface area (Å²) in [6.45, 7) is 2.14. The van der Waals surface area contributed by atoms with E-state index >= 15 is 0 Å². The van der Waals surface area contributed by atoms with E-state index in [0.717, 1.165) is 42.6 Å². The molecule has 7 heteroatoms. The zero-order valence-electron chi connectivity index (χ0n) is 15.8. The van der Waals surface area contributed by atoms with E-state index in [9.17, 15) is 8.42 Å². The number of para-hydroxylation sites is 2. The van der Waals surface area contributed by atoms with Crippen LogP contribution in [0.1, 0.15) is 18.4 Å². The fourth-order valence-electron chi connectivity index (χ4n) is 3.54. The maximum atomic E-state index is 12.3. The second kappa shape index (κ2) is 8.32. The van der Waals surface area contributed by atoms with E-state index in [1.165, 1.54) is 0 Å². The minimum Gasteiger partial charge on any atom is -0.423 e. The minimum atomic E-state index is -3.26. The number of piperidine rings is 1. The molecule has 0 spiro atoms. The third kappa shape index (κ3) is 4.72. The molecule has 1 aliphatic rings. The number of anilines is 1. The van der Waals surface area contributed by atoms with Gasteiger partial charge in [0, 0.05) is 19.6 Å². The quantitative estimate of drug-likeness (QED) is 0.660. The molecule has 1 saturated heterocycles. The lowest BCUT2D eigenvalue weighted by molar-refractivity contribution is 0.387. The zero-order valence-corrected chi connectivity index (χ0v) is 16.6. The Morgan fingerprint density at radius 1 is 1.04 bits per heavy atom. The van der Waals surface area contributed by atoms with E-state index in [-0.39, 0.29) is 5.75 Å². The van der Waals surface area contributed by atoms with Crippen LogP contribution in [0.3, 0.4) is 0 Å². The maximum absolute atomic E-state index is 12.3. The van der Waals surface area contributed by atoms with Crippen LogP contribution in [0, 0.1) is 5.92 Å². The number of benzene rings is 2. The molecule has 0 saturated carbocycles. The Labute approximate surface area is 165 Å². The van der Waals surface area contributed by atoms with Gasteiger partial charge in [0.15, 0.2) is 5.58 Å². The summed E-state index contributed by atoms with van der Waals surface area (Å²) in [6.07, 6.45) is 2.37. The molecular weight excluding hydrogens is 374 g/mol. The second-order valence-electron chi connectivity index (χ2n) is 7.30. The van der Waals surface area contributed by atoms with Crippen LogP contribution in [-0.4, -0.2) is 38.8 Å². The predicted octanol–water partition coefficient (Wildman–Crippen LogP) is 3.21. The largest absolute Gasteiger partial charge is 0.423 e. The van der Waals surface area contributed by atoms with E-state index in [0.29, 0.717) is 24.9 Å². The van der Waals surface area contributed by atoms with E-state index in [1.54, 1.807) is 0 Å². The van der Waals surface area contributed by atoms with Crippen molar-refractivity contribution in [3.63, 3.8) is 0 Å². The lowest BCUT2D eigenvalue weighted by Gasteiger charge is -2.30. The Morgan fingerprint density at radius 3 is 2.50 bits per heavy atom. The minimum absolute atomic E-state index is 0.124. The molecule has 0 radical (unpaired) electrons. The molecule has 1 N–H and O–H groups in total. The van der Waals surface area contributed by atoms with Crippen molar-refractivity contribution >= 4 is 27.1 Å². The van der Waals surface area contributed by atoms with Crippen LogP contribution in [0.4, 0.5) is 6.01 Å². The number of rotatable bonds is 7. The van der Waals surface area contributed by atoms with E-state index in [2.05, 4.69) is 14.6 Å². The molecule has 2 heterocycles. The van der Waals surface area contributed by atoms with Gasteiger partial charge in [-0.3, -0.25) is 0 Å². The Bertz CT molecular complexity index is 977. The summed E-state index contributed by atoms with van der Waals surface area (Å²) in [5.74, 6) is 0.464. The average Bonchev–Trinajstić information content (AvgIpc) is 3.16. The Kier molecular flexibility index (Phi) is 5.64. The summed E-state index contributed by atoms with van der Waals surface area (Å²) in [5.41, 5.74) is 2.70. The first-order chi connectivity index (χ1) is 13.6. The van der Waals surface area contributed by atoms with Gasteiger partial charge in [-0.2, -0.15) is 4.98 Å². The normalized spacial score (nSPS) is 15.9. The topological polar surface area (TPSA) is 75.4 Å². The first-order valence-corrected chi connectivity index (χ1v) is 11.4. The van der Waals surface area contributed by atoms with Crippen LogP contribution in [0.2, 0.25) is 0 Å². The molecule has 1 aromatic heterocycles. The summed E-state index contributed by atoms with van der Waals surface area (Å²) in [5, 5.41) is 0. The third-order valence-corrected chi connectivity index (χ3v) is 6.61. The molecule has 28 heavy (non-hydrogen) atoms. The molecule has 3 aromatic rings. The fraction of sp³-hybridized carbons (Fsp3) is 0.381. The fourth-order valence-corrected chi connectivity index (χ4v) is 4.68. The highest BCUT2D eigenvalue weighted by Gasteiger charge is 2.24. The van der Waals surface area contributed by atoms with Gasteiger partial charge in [-0.1, -0.05) is 42.5 Å². The van der Waals surface area contributed by atoms with Crippen molar-refractivity contribution in [1.82, 2.24) is 9.71 Å². The van der Waals surface area contributed by atoms with Crippen molar-refractivity contribution in [2.24, 2.45) is 5.92 Å². The van der Waals surface area contributed by atoms with E-state index in [1.807, 2.05) is 54.6 Å². The smallest absolute Gasteiger partial charge is 0.298 e. The highest BCUT2D eigenvalue weighted by atomic mass is 32.2. The van der Waals surface area contributed by atoms with Crippen LogP contribution < -0.4 is 9.62 Å². The van der Waals surface area contributed by atoms with Crippen LogP contribution in [-0.2, 0) is 16.4 Å². The van der Waals surface area contributed by atoms with Gasteiger partial charge in [-0.15, -0.1) is 0 Å². The lowest BCUT2D eigenvalue weighted by atomic mass is 9.97. The van der Waals surface area contributed by atoms with Crippen molar-refractivity contribution in [3.8, 4) is 0 Å². The number of fused-ring (bicyclic) bond motifs is 1. The van der Waals surface area contributed by atoms with Crippen LogP contribution >= 0.6 is 0 Å². The predicted molar refractivity (Wildman–Crippen MR) is 111 cm³/mol. The SMILES string of the molecule is O=S(=O)(CCc1ccccc1)NCC1CCN(c2nc3ccccc3o2)CC1. The zero-order chi connectivity index (χ0) is 19.4. The Balaban J connectivity index is 1.25. The molecule has 0 bridgehead atoms. The summed E-state index contributed by atoms with van der Waals surface area (Å²) in [6, 6.07) is 18.1. The highest BCUT2D eigenvalue weighted by Crippen LogP contribution is 2.26. The second-order valence-corrected chi connectivity index (χ2v) is 9.22.